The van der Waals surface area contributed by atoms with Crippen LogP contribution in [-0.2, 0) is 0 Å². The number of allylic oxidation sites excluding steroid dienone is 8. The maximum Gasteiger partial charge on any atom is 0.183 e. The first-order chi connectivity index (χ1) is 16.2. The molecule has 3 heterocycles. The summed E-state index contributed by atoms with van der Waals surface area (Å²) in [5.41, 5.74) is 3.58. The summed E-state index contributed by atoms with van der Waals surface area (Å²) in [6.07, 6.45) is 15.3. The van der Waals surface area contributed by atoms with Gasteiger partial charge in [0.05, 0.1) is 33.3 Å². The van der Waals surface area contributed by atoms with Gasteiger partial charge >= 0.3 is 0 Å². The Morgan fingerprint density at radius 3 is 1.45 bits per heavy atom. The molecule has 0 saturated carbocycles. The smallest absolute Gasteiger partial charge is 0.183 e. The summed E-state index contributed by atoms with van der Waals surface area (Å²) >= 11 is 4.15. The molecule has 0 bridgehead atoms. The number of rotatable bonds is 6. The van der Waals surface area contributed by atoms with E-state index in [0.717, 1.165) is 41.7 Å². The van der Waals surface area contributed by atoms with Gasteiger partial charge in [-0.15, -0.1) is 22.7 Å². The lowest BCUT2D eigenvalue weighted by molar-refractivity contribution is 0.0962. The minimum Gasteiger partial charge on any atom is -0.292 e. The normalized spacial score (nSPS) is 15.4. The second kappa shape index (κ2) is 8.26. The molecule has 0 radical (unpaired) electrons. The second-order valence-electron chi connectivity index (χ2n) is 7.77. The van der Waals surface area contributed by atoms with E-state index in [4.69, 9.17) is 0 Å². The topological polar surface area (TPSA) is 59.9 Å². The molecule has 0 atom stereocenters. The lowest BCUT2D eigenvalue weighted by Gasteiger charge is -2.04. The number of hydrogen-bond donors (Lipinski definition) is 0. The molecule has 2 aliphatic carbocycles. The monoisotopic (exact) mass is 484 g/mol. The Morgan fingerprint density at radius 2 is 1.03 bits per heavy atom. The Hall–Kier alpha value is -3.26. The molecule has 0 saturated heterocycles. The molecule has 2 aliphatic rings. The summed E-state index contributed by atoms with van der Waals surface area (Å²) < 4.78 is 9.13. The molecular formula is C26H16N2O2S3. The maximum atomic E-state index is 12.7. The van der Waals surface area contributed by atoms with Gasteiger partial charge in [0.2, 0.25) is 0 Å². The summed E-state index contributed by atoms with van der Waals surface area (Å²) in [6, 6.07) is 11.8. The molecule has 33 heavy (non-hydrogen) atoms. The highest BCUT2D eigenvalue weighted by molar-refractivity contribution is 7.18. The molecule has 160 valence electrons. The molecule has 0 aliphatic heterocycles. The van der Waals surface area contributed by atoms with Gasteiger partial charge in [0.1, 0.15) is 11.0 Å². The highest BCUT2D eigenvalue weighted by Crippen LogP contribution is 2.40. The Labute approximate surface area is 202 Å². The minimum atomic E-state index is -0.175. The van der Waals surface area contributed by atoms with Crippen LogP contribution in [0.4, 0.5) is 0 Å². The maximum absolute atomic E-state index is 12.7. The zero-order chi connectivity index (χ0) is 22.4. The molecular weight excluding hydrogens is 468 g/mol. The largest absolute Gasteiger partial charge is 0.292 e. The van der Waals surface area contributed by atoms with Crippen LogP contribution in [0.2, 0.25) is 0 Å². The third kappa shape index (κ3) is 3.58. The molecule has 0 unspecified atom stereocenters. The second-order valence-corrected chi connectivity index (χ2v) is 10.5. The van der Waals surface area contributed by atoms with Crippen molar-refractivity contribution < 1.29 is 9.59 Å². The van der Waals surface area contributed by atoms with Crippen LogP contribution in [0, 0.1) is 11.8 Å². The summed E-state index contributed by atoms with van der Waals surface area (Å²) in [5.74, 6) is -0.122. The van der Waals surface area contributed by atoms with Crippen LogP contribution in [0.1, 0.15) is 19.3 Å². The Kier molecular flexibility index (Phi) is 5.10. The van der Waals surface area contributed by atoms with E-state index in [1.807, 2.05) is 85.0 Å². The molecule has 7 heteroatoms. The number of carbonyl (C=O) groups is 2. The van der Waals surface area contributed by atoms with Crippen molar-refractivity contribution in [3.63, 3.8) is 0 Å². The van der Waals surface area contributed by atoms with Crippen LogP contribution in [0.3, 0.4) is 0 Å². The van der Waals surface area contributed by atoms with Crippen molar-refractivity contribution >= 4 is 57.0 Å². The van der Waals surface area contributed by atoms with Gasteiger partial charge in [0.25, 0.3) is 0 Å². The predicted molar refractivity (Wildman–Crippen MR) is 136 cm³/mol. The zero-order valence-corrected chi connectivity index (χ0v) is 19.6. The van der Waals surface area contributed by atoms with Gasteiger partial charge in [-0.3, -0.25) is 9.59 Å². The van der Waals surface area contributed by atoms with Crippen molar-refractivity contribution in [2.45, 2.75) is 0 Å². The lowest BCUT2D eigenvalue weighted by atomic mass is 10.0. The van der Waals surface area contributed by atoms with Crippen LogP contribution in [-0.4, -0.2) is 20.3 Å². The van der Waals surface area contributed by atoms with E-state index in [2.05, 4.69) is 8.75 Å². The van der Waals surface area contributed by atoms with Gasteiger partial charge in [-0.25, -0.2) is 0 Å². The number of Topliss-reactive ketones (excluding diaryl/α,β-unsaturated/α-hetero) is 2. The van der Waals surface area contributed by atoms with Crippen LogP contribution in [0.15, 0.2) is 85.0 Å². The molecule has 6 rings (SSSR count). The van der Waals surface area contributed by atoms with E-state index in [9.17, 15) is 9.59 Å². The van der Waals surface area contributed by atoms with E-state index in [-0.39, 0.29) is 23.4 Å². The lowest BCUT2D eigenvalue weighted by Crippen LogP contribution is -2.06. The third-order valence-corrected chi connectivity index (χ3v) is 8.54. The van der Waals surface area contributed by atoms with E-state index in [1.54, 1.807) is 0 Å². The molecule has 3 aromatic heterocycles. The van der Waals surface area contributed by atoms with E-state index >= 15 is 0 Å². The number of aromatic nitrogens is 2. The summed E-state index contributed by atoms with van der Waals surface area (Å²) in [5, 5.41) is 0. The molecule has 0 spiro atoms. The molecule has 0 N–H and O–H groups in total. The van der Waals surface area contributed by atoms with E-state index < -0.39 is 0 Å². The van der Waals surface area contributed by atoms with Crippen LogP contribution < -0.4 is 0 Å². The molecule has 4 aromatic rings. The fourth-order valence-electron chi connectivity index (χ4n) is 4.04. The quantitative estimate of drug-likeness (QED) is 0.277. The highest BCUT2D eigenvalue weighted by Gasteiger charge is 2.22. The average molecular weight is 485 g/mol. The first-order valence-corrected chi connectivity index (χ1v) is 12.8. The Morgan fingerprint density at radius 1 is 0.606 bits per heavy atom. The van der Waals surface area contributed by atoms with Gasteiger partial charge in [-0.1, -0.05) is 60.7 Å². The first-order valence-electron chi connectivity index (χ1n) is 10.4. The van der Waals surface area contributed by atoms with Crippen molar-refractivity contribution in [1.82, 2.24) is 8.75 Å². The summed E-state index contributed by atoms with van der Waals surface area (Å²) in [7, 11) is 0. The van der Waals surface area contributed by atoms with E-state index in [1.165, 1.54) is 34.4 Å². The fraction of sp³-hybridized carbons (Fsp3) is 0.0769. The van der Waals surface area contributed by atoms with Crippen LogP contribution >= 0.6 is 34.4 Å². The number of ketones is 2. The number of benzene rings is 1. The molecule has 0 fully saturated rings. The SMILES string of the molecule is O=C(c1ccc(-c2ccc(-c3ccc(C(=O)C4C=CC=C4)s3)c3nsnc23)s1)C1C=CC=C1. The van der Waals surface area contributed by atoms with Gasteiger partial charge in [-0.05, 0) is 24.3 Å². The number of fused-ring (bicyclic) bond motifs is 1. The number of hydrogen-bond acceptors (Lipinski definition) is 7. The Balaban J connectivity index is 1.34. The molecule has 1 aromatic carbocycles. The van der Waals surface area contributed by atoms with Crippen molar-refractivity contribution in [2.24, 2.45) is 11.8 Å². The zero-order valence-electron chi connectivity index (χ0n) is 17.2. The predicted octanol–water partition coefficient (Wildman–Crippen LogP) is 7.00. The first kappa shape index (κ1) is 20.4. The van der Waals surface area contributed by atoms with Gasteiger partial charge in [0.15, 0.2) is 11.6 Å². The van der Waals surface area contributed by atoms with Crippen molar-refractivity contribution in [3.05, 3.63) is 94.8 Å². The molecule has 4 nitrogen and oxygen atoms in total. The van der Waals surface area contributed by atoms with Gasteiger partial charge in [-0.2, -0.15) is 8.75 Å². The number of carbonyl (C=O) groups excluding carboxylic acids is 2. The standard InChI is InChI=1S/C26H16N2O2S3/c29-25(15-5-1-2-6-15)21-13-11-19(31-21)17-9-10-18(24-23(17)27-33-28-24)20-12-14-22(32-20)26(30)16-7-3-4-8-16/h1-16H. The Bertz CT molecular complexity index is 1390. The van der Waals surface area contributed by atoms with Crippen molar-refractivity contribution in [2.75, 3.05) is 0 Å². The summed E-state index contributed by atoms with van der Waals surface area (Å²) in [4.78, 5) is 29.0. The number of nitrogens with zero attached hydrogens (tertiary/aromatic N) is 2. The minimum absolute atomic E-state index is 0.114. The van der Waals surface area contributed by atoms with Crippen LogP contribution in [0.5, 0.6) is 0 Å². The molecule has 0 amide bonds. The van der Waals surface area contributed by atoms with Crippen LogP contribution in [0.25, 0.3) is 31.9 Å². The van der Waals surface area contributed by atoms with Crippen molar-refractivity contribution in [1.29, 1.82) is 0 Å². The number of thiophene rings is 2. The van der Waals surface area contributed by atoms with E-state index in [0.29, 0.717) is 0 Å². The summed E-state index contributed by atoms with van der Waals surface area (Å²) in [6.45, 7) is 0. The van der Waals surface area contributed by atoms with Gasteiger partial charge in [0, 0.05) is 20.9 Å². The highest BCUT2D eigenvalue weighted by atomic mass is 32.1. The third-order valence-electron chi connectivity index (χ3n) is 5.75. The average Bonchev–Trinajstić information content (AvgIpc) is 3.67. The van der Waals surface area contributed by atoms with Gasteiger partial charge < -0.3 is 0 Å². The fourth-order valence-corrected chi connectivity index (χ4v) is 6.65. The van der Waals surface area contributed by atoms with Crippen molar-refractivity contribution in [3.8, 4) is 20.9 Å².